The Morgan fingerprint density at radius 2 is 1.21 bits per heavy atom. The van der Waals surface area contributed by atoms with Gasteiger partial charge >= 0.3 is 5.97 Å². The fourth-order valence-corrected chi connectivity index (χ4v) is 8.72. The number of carboxylic acid groups (broad SMARTS) is 1. The molecule has 0 heterocycles. The maximum atomic E-state index is 12.3. The lowest BCUT2D eigenvalue weighted by atomic mass is 9.75. The molecule has 4 aromatic rings. The van der Waals surface area contributed by atoms with Crippen LogP contribution in [0, 0.1) is 0 Å². The Hall–Kier alpha value is -3.22. The summed E-state index contributed by atoms with van der Waals surface area (Å²) in [4.78, 5) is 12.3. The van der Waals surface area contributed by atoms with Crippen molar-refractivity contribution >= 4 is 29.8 Å². The summed E-state index contributed by atoms with van der Waals surface area (Å²) in [6, 6.07) is 34.2. The molecular formula is C30H25O2P. The van der Waals surface area contributed by atoms with Gasteiger partial charge in [-0.25, -0.2) is 4.79 Å². The first-order chi connectivity index (χ1) is 16.2. The first kappa shape index (κ1) is 20.4. The van der Waals surface area contributed by atoms with Crippen LogP contribution in [0.15, 0.2) is 97.1 Å². The van der Waals surface area contributed by atoms with Gasteiger partial charge in [0.25, 0.3) is 0 Å². The standard InChI is InChI=1S/C30H25O2P/c31-29(32)25-15-7-9-21-17-19-30(27(21)25)20-18-22-10-8-16-26(28(22)30)33(23-11-3-1-4-12-23)24-13-5-2-6-14-24/h1-16H,17-20H2,(H,31,32)/t30-/m0/s1. The maximum absolute atomic E-state index is 12.3. The zero-order valence-corrected chi connectivity index (χ0v) is 19.3. The van der Waals surface area contributed by atoms with Crippen LogP contribution in [0.4, 0.5) is 0 Å². The average molecular weight is 449 g/mol. The van der Waals surface area contributed by atoms with Crippen molar-refractivity contribution in [2.24, 2.45) is 0 Å². The summed E-state index contributed by atoms with van der Waals surface area (Å²) >= 11 is 0. The van der Waals surface area contributed by atoms with E-state index in [0.29, 0.717) is 5.56 Å². The van der Waals surface area contributed by atoms with Gasteiger partial charge in [-0.2, -0.15) is 0 Å². The zero-order valence-electron chi connectivity index (χ0n) is 18.4. The van der Waals surface area contributed by atoms with E-state index in [2.05, 4.69) is 84.9 Å². The third-order valence-corrected chi connectivity index (χ3v) is 9.86. The molecule has 0 aromatic heterocycles. The Bertz CT molecular complexity index is 1300. The molecule has 2 aliphatic rings. The zero-order chi connectivity index (χ0) is 22.4. The summed E-state index contributed by atoms with van der Waals surface area (Å²) in [5.74, 6) is -0.813. The van der Waals surface area contributed by atoms with E-state index in [1.807, 2.05) is 6.07 Å². The van der Waals surface area contributed by atoms with Gasteiger partial charge in [0.2, 0.25) is 0 Å². The Morgan fingerprint density at radius 3 is 1.79 bits per heavy atom. The lowest BCUT2D eigenvalue weighted by molar-refractivity contribution is 0.0694. The monoisotopic (exact) mass is 448 g/mol. The molecule has 4 aromatic carbocycles. The Kier molecular flexibility index (Phi) is 4.93. The molecule has 0 amide bonds. The van der Waals surface area contributed by atoms with E-state index in [4.69, 9.17) is 0 Å². The molecule has 0 saturated heterocycles. The van der Waals surface area contributed by atoms with E-state index in [-0.39, 0.29) is 5.41 Å². The quantitative estimate of drug-likeness (QED) is 0.429. The molecule has 162 valence electrons. The first-order valence-corrected chi connectivity index (χ1v) is 12.9. The van der Waals surface area contributed by atoms with E-state index >= 15 is 0 Å². The molecule has 1 spiro atoms. The van der Waals surface area contributed by atoms with Crippen molar-refractivity contribution < 1.29 is 9.90 Å². The summed E-state index contributed by atoms with van der Waals surface area (Å²) in [7, 11) is -0.753. The molecule has 1 N–H and O–H groups in total. The lowest BCUT2D eigenvalue weighted by Crippen LogP contribution is -2.32. The average Bonchev–Trinajstić information content (AvgIpc) is 3.43. The van der Waals surface area contributed by atoms with E-state index < -0.39 is 13.9 Å². The van der Waals surface area contributed by atoms with E-state index in [9.17, 15) is 9.90 Å². The topological polar surface area (TPSA) is 37.3 Å². The van der Waals surface area contributed by atoms with Crippen molar-refractivity contribution in [1.29, 1.82) is 0 Å². The van der Waals surface area contributed by atoms with Crippen LogP contribution in [0.5, 0.6) is 0 Å². The van der Waals surface area contributed by atoms with Gasteiger partial charge in [0.05, 0.1) is 5.56 Å². The van der Waals surface area contributed by atoms with Gasteiger partial charge in [-0.3, -0.25) is 0 Å². The molecule has 2 nitrogen and oxygen atoms in total. The second-order valence-electron chi connectivity index (χ2n) is 9.04. The number of benzene rings is 4. The van der Waals surface area contributed by atoms with Gasteiger partial charge in [-0.05, 0) is 77.8 Å². The summed E-state index contributed by atoms with van der Waals surface area (Å²) in [6.45, 7) is 0. The number of fused-ring (bicyclic) bond motifs is 4. The number of carbonyl (C=O) groups is 1. The van der Waals surface area contributed by atoms with Gasteiger partial charge in [0.15, 0.2) is 0 Å². The molecule has 1 atom stereocenters. The second kappa shape index (κ2) is 7.97. The molecular weight excluding hydrogens is 423 g/mol. The second-order valence-corrected chi connectivity index (χ2v) is 11.2. The fraction of sp³-hybridized carbons (Fsp3) is 0.167. The van der Waals surface area contributed by atoms with Crippen LogP contribution in [0.3, 0.4) is 0 Å². The highest BCUT2D eigenvalue weighted by Crippen LogP contribution is 2.54. The smallest absolute Gasteiger partial charge is 0.336 e. The fourth-order valence-electron chi connectivity index (χ4n) is 6.11. The normalized spacial score (nSPS) is 18.5. The Morgan fingerprint density at radius 1 is 0.667 bits per heavy atom. The molecule has 0 unspecified atom stereocenters. The van der Waals surface area contributed by atoms with Crippen molar-refractivity contribution in [2.45, 2.75) is 31.1 Å². The van der Waals surface area contributed by atoms with Crippen molar-refractivity contribution in [2.75, 3.05) is 0 Å². The molecule has 0 radical (unpaired) electrons. The Labute approximate surface area is 195 Å². The largest absolute Gasteiger partial charge is 0.478 e. The summed E-state index contributed by atoms with van der Waals surface area (Å²) in [5, 5.41) is 14.1. The number of aryl methyl sites for hydroxylation is 2. The maximum Gasteiger partial charge on any atom is 0.336 e. The minimum absolute atomic E-state index is 0.208. The molecule has 2 aliphatic carbocycles. The highest BCUT2D eigenvalue weighted by molar-refractivity contribution is 7.79. The van der Waals surface area contributed by atoms with Crippen molar-refractivity contribution in [1.82, 2.24) is 0 Å². The van der Waals surface area contributed by atoms with Crippen molar-refractivity contribution in [3.8, 4) is 0 Å². The predicted octanol–water partition coefficient (Wildman–Crippen LogP) is 5.32. The van der Waals surface area contributed by atoms with Crippen LogP contribution in [0.2, 0.25) is 0 Å². The molecule has 6 rings (SSSR count). The van der Waals surface area contributed by atoms with Gasteiger partial charge in [0.1, 0.15) is 0 Å². The van der Waals surface area contributed by atoms with Crippen molar-refractivity contribution in [3.63, 3.8) is 0 Å². The molecule has 3 heteroatoms. The number of hydrogen-bond donors (Lipinski definition) is 1. The van der Waals surface area contributed by atoms with Gasteiger partial charge in [0, 0.05) is 5.41 Å². The van der Waals surface area contributed by atoms with Crippen LogP contribution in [0.1, 0.15) is 45.5 Å². The number of carboxylic acids is 1. The Balaban J connectivity index is 1.63. The molecule has 0 aliphatic heterocycles. The molecule has 0 bridgehead atoms. The molecule has 33 heavy (non-hydrogen) atoms. The van der Waals surface area contributed by atoms with Crippen LogP contribution in [-0.2, 0) is 18.3 Å². The predicted molar refractivity (Wildman–Crippen MR) is 136 cm³/mol. The third kappa shape index (κ3) is 3.16. The van der Waals surface area contributed by atoms with E-state index in [1.165, 1.54) is 32.6 Å². The van der Waals surface area contributed by atoms with Gasteiger partial charge in [-0.15, -0.1) is 0 Å². The lowest BCUT2D eigenvalue weighted by Gasteiger charge is -2.32. The molecule has 0 saturated carbocycles. The van der Waals surface area contributed by atoms with Crippen LogP contribution >= 0.6 is 7.92 Å². The summed E-state index contributed by atoms with van der Waals surface area (Å²) in [6.07, 6.45) is 3.93. The van der Waals surface area contributed by atoms with E-state index in [0.717, 1.165) is 31.2 Å². The number of hydrogen-bond acceptors (Lipinski definition) is 1. The minimum atomic E-state index is -0.813. The summed E-state index contributed by atoms with van der Waals surface area (Å²) < 4.78 is 0. The number of rotatable bonds is 4. The highest BCUT2D eigenvalue weighted by atomic mass is 31.1. The third-order valence-electron chi connectivity index (χ3n) is 7.38. The van der Waals surface area contributed by atoms with Crippen LogP contribution in [-0.4, -0.2) is 11.1 Å². The minimum Gasteiger partial charge on any atom is -0.478 e. The number of aromatic carboxylic acids is 1. The van der Waals surface area contributed by atoms with Crippen LogP contribution in [0.25, 0.3) is 0 Å². The first-order valence-electron chi connectivity index (χ1n) is 11.6. The van der Waals surface area contributed by atoms with E-state index in [1.54, 1.807) is 6.07 Å². The van der Waals surface area contributed by atoms with Gasteiger partial charge in [-0.1, -0.05) is 91.0 Å². The van der Waals surface area contributed by atoms with Crippen molar-refractivity contribution in [3.05, 3.63) is 125 Å². The summed E-state index contributed by atoms with van der Waals surface area (Å²) in [5.41, 5.74) is 5.34. The van der Waals surface area contributed by atoms with Gasteiger partial charge < -0.3 is 5.11 Å². The highest BCUT2D eigenvalue weighted by Gasteiger charge is 2.48. The van der Waals surface area contributed by atoms with Crippen LogP contribution < -0.4 is 15.9 Å². The molecule has 0 fully saturated rings. The SMILES string of the molecule is O=C(O)c1cccc2c1[C@]1(CC2)CCc2cccc(P(c3ccccc3)c3ccccc3)c21.